The van der Waals surface area contributed by atoms with Crippen LogP contribution < -0.4 is 5.73 Å². The third kappa shape index (κ3) is 4.17. The fraction of sp³-hybridized carbons (Fsp3) is 0.115. The highest BCUT2D eigenvalue weighted by Crippen LogP contribution is 2.32. The van der Waals surface area contributed by atoms with E-state index in [1.54, 1.807) is 43.3 Å². The number of methoxy groups -OCH3 is 1. The van der Waals surface area contributed by atoms with Crippen molar-refractivity contribution in [3.8, 4) is 23.1 Å². The molecule has 0 bridgehead atoms. The summed E-state index contributed by atoms with van der Waals surface area (Å²) in [5.41, 5.74) is 7.93. The predicted molar refractivity (Wildman–Crippen MR) is 128 cm³/mol. The Kier molecular flexibility index (Phi) is 6.46. The van der Waals surface area contributed by atoms with Crippen molar-refractivity contribution >= 4 is 34.4 Å². The standard InChI is InChI=1S/C26H19ClFN3O3/c1-15-5-3-7-20(27)23(15)25(32)31-22-13-16(6-4-12-29)8-10-19(22)24(30-31)18-11-9-17(14-21(18)28)26(33)34-2/h3,5,7-11,13-14H,12,29H2,1-2H3. The molecular formula is C26H19ClFN3O3. The first-order valence-electron chi connectivity index (χ1n) is 10.3. The van der Waals surface area contributed by atoms with Crippen molar-refractivity contribution in [1.82, 2.24) is 9.78 Å². The van der Waals surface area contributed by atoms with E-state index in [4.69, 9.17) is 17.3 Å². The van der Waals surface area contributed by atoms with Gasteiger partial charge in [-0.05, 0) is 55.0 Å². The van der Waals surface area contributed by atoms with E-state index in [1.165, 1.54) is 23.9 Å². The number of rotatable bonds is 3. The van der Waals surface area contributed by atoms with Crippen LogP contribution in [0.2, 0.25) is 5.02 Å². The van der Waals surface area contributed by atoms with Crippen LogP contribution in [0.15, 0.2) is 54.6 Å². The minimum absolute atomic E-state index is 0.0644. The molecule has 0 saturated heterocycles. The van der Waals surface area contributed by atoms with Crippen LogP contribution in [0.5, 0.6) is 0 Å². The van der Waals surface area contributed by atoms with E-state index in [0.717, 1.165) is 6.07 Å². The molecule has 8 heteroatoms. The molecule has 0 saturated carbocycles. The van der Waals surface area contributed by atoms with E-state index in [9.17, 15) is 9.59 Å². The number of hydrogen-bond acceptors (Lipinski definition) is 5. The molecule has 0 aliphatic carbocycles. The molecule has 1 aromatic heterocycles. The van der Waals surface area contributed by atoms with Gasteiger partial charge < -0.3 is 10.5 Å². The van der Waals surface area contributed by atoms with Gasteiger partial charge in [0.1, 0.15) is 11.5 Å². The molecule has 0 amide bonds. The summed E-state index contributed by atoms with van der Waals surface area (Å²) in [6.45, 7) is 1.95. The zero-order valence-electron chi connectivity index (χ0n) is 18.4. The van der Waals surface area contributed by atoms with Crippen molar-refractivity contribution in [3.05, 3.63) is 87.7 Å². The Balaban J connectivity index is 1.96. The van der Waals surface area contributed by atoms with Crippen molar-refractivity contribution in [2.75, 3.05) is 13.7 Å². The molecule has 1 heterocycles. The summed E-state index contributed by atoms with van der Waals surface area (Å²) in [4.78, 5) is 25.3. The van der Waals surface area contributed by atoms with E-state index >= 15 is 4.39 Å². The fourth-order valence-corrected chi connectivity index (χ4v) is 3.96. The minimum Gasteiger partial charge on any atom is -0.465 e. The fourth-order valence-electron chi connectivity index (χ4n) is 3.66. The molecule has 3 aromatic carbocycles. The number of carbonyl (C=O) groups excluding carboxylic acids is 2. The summed E-state index contributed by atoms with van der Waals surface area (Å²) in [6.07, 6.45) is 0. The van der Waals surface area contributed by atoms with Crippen LogP contribution in [-0.4, -0.2) is 35.3 Å². The third-order valence-electron chi connectivity index (χ3n) is 5.29. The van der Waals surface area contributed by atoms with E-state index in [-0.39, 0.29) is 28.4 Å². The van der Waals surface area contributed by atoms with Gasteiger partial charge in [0.05, 0.1) is 35.3 Å². The largest absolute Gasteiger partial charge is 0.465 e. The molecule has 0 atom stereocenters. The maximum atomic E-state index is 15.1. The van der Waals surface area contributed by atoms with Gasteiger partial charge in [-0.2, -0.15) is 9.78 Å². The van der Waals surface area contributed by atoms with Crippen LogP contribution in [0.1, 0.15) is 31.8 Å². The smallest absolute Gasteiger partial charge is 0.337 e. The SMILES string of the molecule is COC(=O)c1ccc(-c2nn(C(=O)c3c(C)cccc3Cl)c3cc(C#CCN)ccc23)c(F)c1. The van der Waals surface area contributed by atoms with Crippen molar-refractivity contribution in [2.24, 2.45) is 5.73 Å². The second kappa shape index (κ2) is 9.48. The summed E-state index contributed by atoms with van der Waals surface area (Å²) in [5.74, 6) is 3.91. The molecule has 6 nitrogen and oxygen atoms in total. The average molecular weight is 476 g/mol. The lowest BCUT2D eigenvalue weighted by Crippen LogP contribution is -2.15. The van der Waals surface area contributed by atoms with Gasteiger partial charge in [0.15, 0.2) is 0 Å². The van der Waals surface area contributed by atoms with Gasteiger partial charge in [-0.3, -0.25) is 4.79 Å². The first-order chi connectivity index (χ1) is 16.3. The van der Waals surface area contributed by atoms with Crippen LogP contribution in [0, 0.1) is 24.6 Å². The van der Waals surface area contributed by atoms with Gasteiger partial charge in [-0.25, -0.2) is 9.18 Å². The van der Waals surface area contributed by atoms with E-state index < -0.39 is 17.7 Å². The number of ether oxygens (including phenoxy) is 1. The Labute approximate surface area is 200 Å². The highest BCUT2D eigenvalue weighted by Gasteiger charge is 2.23. The lowest BCUT2D eigenvalue weighted by atomic mass is 10.0. The first-order valence-corrected chi connectivity index (χ1v) is 10.6. The van der Waals surface area contributed by atoms with Crippen molar-refractivity contribution in [2.45, 2.75) is 6.92 Å². The van der Waals surface area contributed by atoms with E-state index in [2.05, 4.69) is 21.7 Å². The molecule has 0 aliphatic heterocycles. The molecule has 34 heavy (non-hydrogen) atoms. The summed E-state index contributed by atoms with van der Waals surface area (Å²) in [7, 11) is 1.22. The van der Waals surface area contributed by atoms with Crippen LogP contribution in [-0.2, 0) is 4.74 Å². The number of carbonyl (C=O) groups is 2. The summed E-state index contributed by atoms with van der Waals surface area (Å²) in [5, 5.41) is 5.28. The van der Waals surface area contributed by atoms with Crippen LogP contribution in [0.4, 0.5) is 4.39 Å². The lowest BCUT2D eigenvalue weighted by Gasteiger charge is -2.08. The van der Waals surface area contributed by atoms with Crippen LogP contribution >= 0.6 is 11.6 Å². The second-order valence-electron chi connectivity index (χ2n) is 7.42. The van der Waals surface area contributed by atoms with E-state index in [1.807, 2.05) is 0 Å². The number of aromatic nitrogens is 2. The lowest BCUT2D eigenvalue weighted by molar-refractivity contribution is 0.0600. The monoisotopic (exact) mass is 475 g/mol. The van der Waals surface area contributed by atoms with Gasteiger partial charge in [-0.1, -0.05) is 35.6 Å². The Morgan fingerprint density at radius 2 is 1.97 bits per heavy atom. The van der Waals surface area contributed by atoms with Gasteiger partial charge >= 0.3 is 5.97 Å². The quantitative estimate of drug-likeness (QED) is 0.346. The molecule has 0 radical (unpaired) electrons. The molecule has 170 valence electrons. The number of nitrogens with zero attached hydrogens (tertiary/aromatic N) is 2. The molecular weight excluding hydrogens is 457 g/mol. The third-order valence-corrected chi connectivity index (χ3v) is 5.60. The summed E-state index contributed by atoms with van der Waals surface area (Å²) >= 11 is 6.33. The molecule has 2 N–H and O–H groups in total. The number of nitrogens with two attached hydrogens (primary N) is 1. The minimum atomic E-state index is -0.678. The Bertz CT molecular complexity index is 1490. The van der Waals surface area contributed by atoms with Gasteiger partial charge in [0.25, 0.3) is 5.91 Å². The number of benzene rings is 3. The Morgan fingerprint density at radius 1 is 1.18 bits per heavy atom. The van der Waals surface area contributed by atoms with Crippen LogP contribution in [0.3, 0.4) is 0 Å². The highest BCUT2D eigenvalue weighted by atomic mass is 35.5. The van der Waals surface area contributed by atoms with E-state index in [0.29, 0.717) is 27.6 Å². The molecule has 4 aromatic rings. The molecule has 0 aliphatic rings. The topological polar surface area (TPSA) is 87.2 Å². The Hall–Kier alpha value is -3.99. The number of halogens is 2. The maximum absolute atomic E-state index is 15.1. The number of aryl methyl sites for hydroxylation is 1. The number of hydrogen-bond donors (Lipinski definition) is 1. The molecule has 0 spiro atoms. The van der Waals surface area contributed by atoms with Crippen LogP contribution in [0.25, 0.3) is 22.2 Å². The second-order valence-corrected chi connectivity index (χ2v) is 7.83. The predicted octanol–water partition coefficient (Wildman–Crippen LogP) is 4.59. The first kappa shape index (κ1) is 23.2. The van der Waals surface area contributed by atoms with Crippen molar-refractivity contribution in [3.63, 3.8) is 0 Å². The maximum Gasteiger partial charge on any atom is 0.337 e. The molecule has 0 unspecified atom stereocenters. The zero-order valence-corrected chi connectivity index (χ0v) is 19.1. The number of esters is 1. The van der Waals surface area contributed by atoms with Gasteiger partial charge in [-0.15, -0.1) is 0 Å². The summed E-state index contributed by atoms with van der Waals surface area (Å²) in [6, 6.07) is 14.2. The Morgan fingerprint density at radius 3 is 2.65 bits per heavy atom. The normalized spacial score (nSPS) is 10.6. The average Bonchev–Trinajstić information content (AvgIpc) is 3.20. The van der Waals surface area contributed by atoms with Crippen molar-refractivity contribution < 1.29 is 18.7 Å². The van der Waals surface area contributed by atoms with Gasteiger partial charge in [0, 0.05) is 16.5 Å². The summed E-state index contributed by atoms with van der Waals surface area (Å²) < 4.78 is 20.9. The zero-order chi connectivity index (χ0) is 24.4. The van der Waals surface area contributed by atoms with Gasteiger partial charge in [0.2, 0.25) is 0 Å². The molecule has 4 rings (SSSR count). The highest BCUT2D eigenvalue weighted by molar-refractivity contribution is 6.34. The number of fused-ring (bicyclic) bond motifs is 1. The molecule has 0 fully saturated rings. The van der Waals surface area contributed by atoms with Crippen molar-refractivity contribution in [1.29, 1.82) is 0 Å².